The van der Waals surface area contributed by atoms with E-state index in [2.05, 4.69) is 45.1 Å². The van der Waals surface area contributed by atoms with Crippen LogP contribution in [0.5, 0.6) is 0 Å². The van der Waals surface area contributed by atoms with Crippen molar-refractivity contribution in [3.63, 3.8) is 0 Å². The molecule has 0 aromatic carbocycles. The molecule has 0 unspecified atom stereocenters. The van der Waals surface area contributed by atoms with Gasteiger partial charge in [0.15, 0.2) is 0 Å². The van der Waals surface area contributed by atoms with E-state index in [1.54, 1.807) is 12.3 Å². The summed E-state index contributed by atoms with van der Waals surface area (Å²) < 4.78 is 0.849. The van der Waals surface area contributed by atoms with Gasteiger partial charge in [0, 0.05) is 21.7 Å². The summed E-state index contributed by atoms with van der Waals surface area (Å²) in [7, 11) is 0. The second-order valence-electron chi connectivity index (χ2n) is 5.40. The van der Waals surface area contributed by atoms with Gasteiger partial charge in [0.1, 0.15) is 15.5 Å². The molecule has 0 atom stereocenters. The molecule has 1 amide bonds. The number of hydrogen-bond donors (Lipinski definition) is 2. The number of nitrogen functional groups attached to an aromatic ring is 1. The molecular formula is C16H15BrN4OS. The Labute approximate surface area is 146 Å². The van der Waals surface area contributed by atoms with Crippen molar-refractivity contribution in [1.29, 1.82) is 0 Å². The molecule has 0 bridgehead atoms. The molecule has 0 aliphatic carbocycles. The van der Waals surface area contributed by atoms with E-state index < -0.39 is 0 Å². The predicted molar refractivity (Wildman–Crippen MR) is 98.0 cm³/mol. The number of halogens is 1. The lowest BCUT2D eigenvalue weighted by atomic mass is 10.1. The van der Waals surface area contributed by atoms with Gasteiger partial charge in [-0.25, -0.2) is 9.97 Å². The molecule has 0 radical (unpaired) electrons. The SMILES string of the molecule is CC(C)c1ccc2c(N)c(C(=O)Nc3ccc(Br)cn3)sc2n1. The maximum atomic E-state index is 12.4. The van der Waals surface area contributed by atoms with Crippen molar-refractivity contribution in [2.45, 2.75) is 19.8 Å². The highest BCUT2D eigenvalue weighted by molar-refractivity contribution is 9.10. The Kier molecular flexibility index (Phi) is 4.32. The van der Waals surface area contributed by atoms with Crippen LogP contribution >= 0.6 is 27.3 Å². The first kappa shape index (κ1) is 15.9. The molecular weight excluding hydrogens is 376 g/mol. The van der Waals surface area contributed by atoms with Crippen LogP contribution in [0.2, 0.25) is 0 Å². The summed E-state index contributed by atoms with van der Waals surface area (Å²) in [4.78, 5) is 22.4. The molecule has 0 aliphatic heterocycles. The number of hydrogen-bond acceptors (Lipinski definition) is 5. The van der Waals surface area contributed by atoms with Gasteiger partial charge in [-0.15, -0.1) is 11.3 Å². The van der Waals surface area contributed by atoms with Crippen LogP contribution in [0, 0.1) is 0 Å². The molecule has 5 nitrogen and oxygen atoms in total. The maximum absolute atomic E-state index is 12.4. The minimum absolute atomic E-state index is 0.272. The van der Waals surface area contributed by atoms with Gasteiger partial charge in [-0.1, -0.05) is 13.8 Å². The van der Waals surface area contributed by atoms with Gasteiger partial charge in [-0.05, 0) is 46.1 Å². The van der Waals surface area contributed by atoms with E-state index in [0.717, 1.165) is 20.4 Å². The monoisotopic (exact) mass is 390 g/mol. The van der Waals surface area contributed by atoms with Crippen molar-refractivity contribution in [3.05, 3.63) is 45.5 Å². The maximum Gasteiger partial charge on any atom is 0.269 e. The number of nitrogens with zero attached hydrogens (tertiary/aromatic N) is 2. The minimum atomic E-state index is -0.272. The van der Waals surface area contributed by atoms with Gasteiger partial charge in [0.25, 0.3) is 5.91 Å². The number of rotatable bonds is 3. The number of nitrogens with one attached hydrogen (secondary N) is 1. The standard InChI is InChI=1S/C16H15BrN4OS/c1-8(2)11-5-4-10-13(18)14(23-16(10)20-11)15(22)21-12-6-3-9(17)7-19-12/h3-8H,18H2,1-2H3,(H,19,21,22). The largest absolute Gasteiger partial charge is 0.397 e. The molecule has 0 saturated carbocycles. The van der Waals surface area contributed by atoms with Gasteiger partial charge in [-0.3, -0.25) is 4.79 Å². The van der Waals surface area contributed by atoms with Gasteiger partial charge in [-0.2, -0.15) is 0 Å². The molecule has 0 fully saturated rings. The quantitative estimate of drug-likeness (QED) is 0.693. The molecule has 3 rings (SSSR count). The fourth-order valence-corrected chi connectivity index (χ4v) is 3.36. The summed E-state index contributed by atoms with van der Waals surface area (Å²) in [5, 5.41) is 3.57. The van der Waals surface area contributed by atoms with E-state index in [0.29, 0.717) is 22.3 Å². The van der Waals surface area contributed by atoms with Crippen LogP contribution < -0.4 is 11.1 Å². The Morgan fingerprint density at radius 1 is 1.30 bits per heavy atom. The number of pyridine rings is 2. The average molecular weight is 391 g/mol. The normalized spacial score (nSPS) is 11.1. The first-order chi connectivity index (χ1) is 11.0. The van der Waals surface area contributed by atoms with Crippen molar-refractivity contribution in [2.75, 3.05) is 11.1 Å². The topological polar surface area (TPSA) is 80.9 Å². The Bertz CT molecular complexity index is 874. The van der Waals surface area contributed by atoms with Gasteiger partial charge in [0.05, 0.1) is 5.69 Å². The molecule has 3 heterocycles. The fourth-order valence-electron chi connectivity index (χ4n) is 2.12. The summed E-state index contributed by atoms with van der Waals surface area (Å²) in [6, 6.07) is 7.42. The second-order valence-corrected chi connectivity index (χ2v) is 7.32. The van der Waals surface area contributed by atoms with Crippen molar-refractivity contribution in [2.24, 2.45) is 0 Å². The van der Waals surface area contributed by atoms with Gasteiger partial charge in [0.2, 0.25) is 0 Å². The summed E-state index contributed by atoms with van der Waals surface area (Å²) >= 11 is 4.61. The fraction of sp³-hybridized carbons (Fsp3) is 0.188. The zero-order valence-electron chi connectivity index (χ0n) is 12.6. The van der Waals surface area contributed by atoms with Crippen molar-refractivity contribution >= 4 is 54.9 Å². The molecule has 0 aliphatic rings. The number of thiophene rings is 1. The molecule has 118 valence electrons. The molecule has 3 aromatic rings. The first-order valence-electron chi connectivity index (χ1n) is 7.07. The molecule has 0 spiro atoms. The highest BCUT2D eigenvalue weighted by atomic mass is 79.9. The summed E-state index contributed by atoms with van der Waals surface area (Å²) in [6.45, 7) is 4.16. The van der Waals surface area contributed by atoms with Crippen LogP contribution in [0.15, 0.2) is 34.9 Å². The Morgan fingerprint density at radius 2 is 2.09 bits per heavy atom. The van der Waals surface area contributed by atoms with Crippen LogP contribution in [0.4, 0.5) is 11.5 Å². The van der Waals surface area contributed by atoms with E-state index in [1.165, 1.54) is 11.3 Å². The Morgan fingerprint density at radius 3 is 2.74 bits per heavy atom. The number of nitrogens with two attached hydrogens (primary N) is 1. The summed E-state index contributed by atoms with van der Waals surface area (Å²) in [5.41, 5.74) is 7.57. The van der Waals surface area contributed by atoms with Crippen LogP contribution in [-0.4, -0.2) is 15.9 Å². The number of carbonyl (C=O) groups is 1. The number of anilines is 2. The number of aromatic nitrogens is 2. The Hall–Kier alpha value is -1.99. The molecule has 7 heteroatoms. The van der Waals surface area contributed by atoms with Crippen molar-refractivity contribution < 1.29 is 4.79 Å². The third kappa shape index (κ3) is 3.20. The van der Waals surface area contributed by atoms with Gasteiger partial charge >= 0.3 is 0 Å². The van der Waals surface area contributed by atoms with Crippen LogP contribution in [0.25, 0.3) is 10.2 Å². The van der Waals surface area contributed by atoms with E-state index >= 15 is 0 Å². The highest BCUT2D eigenvalue weighted by Gasteiger charge is 2.18. The summed E-state index contributed by atoms with van der Waals surface area (Å²) in [6.07, 6.45) is 1.63. The first-order valence-corrected chi connectivity index (χ1v) is 8.68. The van der Waals surface area contributed by atoms with E-state index in [9.17, 15) is 4.79 Å². The third-order valence-electron chi connectivity index (χ3n) is 3.38. The van der Waals surface area contributed by atoms with E-state index in [1.807, 2.05) is 18.2 Å². The second kappa shape index (κ2) is 6.25. The van der Waals surface area contributed by atoms with E-state index in [-0.39, 0.29) is 5.91 Å². The van der Waals surface area contributed by atoms with Crippen molar-refractivity contribution in [1.82, 2.24) is 9.97 Å². The van der Waals surface area contributed by atoms with Gasteiger partial charge < -0.3 is 11.1 Å². The number of fused-ring (bicyclic) bond motifs is 1. The average Bonchev–Trinajstić information content (AvgIpc) is 2.86. The molecule has 0 saturated heterocycles. The van der Waals surface area contributed by atoms with E-state index in [4.69, 9.17) is 5.73 Å². The molecule has 23 heavy (non-hydrogen) atoms. The van der Waals surface area contributed by atoms with Crippen LogP contribution in [0.1, 0.15) is 35.1 Å². The molecule has 3 N–H and O–H groups in total. The lowest BCUT2D eigenvalue weighted by Crippen LogP contribution is -2.12. The van der Waals surface area contributed by atoms with Crippen LogP contribution in [-0.2, 0) is 0 Å². The minimum Gasteiger partial charge on any atom is -0.397 e. The van der Waals surface area contributed by atoms with Crippen molar-refractivity contribution in [3.8, 4) is 0 Å². The lowest BCUT2D eigenvalue weighted by molar-refractivity contribution is 0.103. The van der Waals surface area contributed by atoms with Crippen LogP contribution in [0.3, 0.4) is 0 Å². The zero-order valence-corrected chi connectivity index (χ0v) is 15.0. The third-order valence-corrected chi connectivity index (χ3v) is 4.97. The highest BCUT2D eigenvalue weighted by Crippen LogP contribution is 2.33. The lowest BCUT2D eigenvalue weighted by Gasteiger charge is -2.03. The Balaban J connectivity index is 1.93. The summed E-state index contributed by atoms with van der Waals surface area (Å²) in [5.74, 6) is 0.532. The molecule has 3 aromatic heterocycles. The predicted octanol–water partition coefficient (Wildman–Crippen LogP) is 4.41. The number of carbonyl (C=O) groups excluding carboxylic acids is 1. The smallest absolute Gasteiger partial charge is 0.269 e. The number of amides is 1. The zero-order chi connectivity index (χ0) is 16.6.